The third-order valence-corrected chi connectivity index (χ3v) is 3.94. The highest BCUT2D eigenvalue weighted by atomic mass is 16.5. The molecule has 19 heavy (non-hydrogen) atoms. The van der Waals surface area contributed by atoms with E-state index in [0.717, 1.165) is 37.0 Å². The van der Waals surface area contributed by atoms with Gasteiger partial charge in [0.15, 0.2) is 0 Å². The van der Waals surface area contributed by atoms with Gasteiger partial charge in [-0.25, -0.2) is 0 Å². The Balaban J connectivity index is 1.72. The highest BCUT2D eigenvalue weighted by molar-refractivity contribution is 5.79. The van der Waals surface area contributed by atoms with Crippen molar-refractivity contribution in [2.45, 2.75) is 25.8 Å². The molecule has 0 saturated carbocycles. The highest BCUT2D eigenvalue weighted by Gasteiger charge is 2.28. The molecule has 102 valence electrons. The van der Waals surface area contributed by atoms with Gasteiger partial charge in [-0.1, -0.05) is 0 Å². The second kappa shape index (κ2) is 5.17. The summed E-state index contributed by atoms with van der Waals surface area (Å²) in [6, 6.07) is 1.64. The second-order valence-corrected chi connectivity index (χ2v) is 5.27. The van der Waals surface area contributed by atoms with Gasteiger partial charge in [0.25, 0.3) is 0 Å². The predicted octanol–water partition coefficient (Wildman–Crippen LogP) is 0.686. The molecule has 1 aromatic heterocycles. The molecule has 5 heteroatoms. The van der Waals surface area contributed by atoms with Crippen molar-refractivity contribution in [2.24, 2.45) is 5.92 Å². The van der Waals surface area contributed by atoms with Crippen LogP contribution in [-0.4, -0.2) is 35.5 Å². The highest BCUT2D eigenvalue weighted by Crippen LogP contribution is 2.22. The molecule has 3 rings (SSSR count). The minimum Gasteiger partial charge on any atom is -0.381 e. The van der Waals surface area contributed by atoms with Gasteiger partial charge in [-0.15, -0.1) is 0 Å². The molecule has 0 aliphatic carbocycles. The molecule has 0 aromatic carbocycles. The average molecular weight is 262 g/mol. The summed E-state index contributed by atoms with van der Waals surface area (Å²) in [6.45, 7) is 2.62. The maximum absolute atomic E-state index is 12.4. The number of ether oxygens (including phenoxy) is 1. The molecule has 3 heterocycles. The number of pyridine rings is 1. The van der Waals surface area contributed by atoms with Crippen LogP contribution in [0.15, 0.2) is 17.1 Å². The number of aromatic nitrogens is 1. The fraction of sp³-hybridized carbons (Fsp3) is 0.571. The molecule has 1 amide bonds. The summed E-state index contributed by atoms with van der Waals surface area (Å²) in [5.74, 6) is 0.203. The van der Waals surface area contributed by atoms with Gasteiger partial charge in [0.05, 0.1) is 12.5 Å². The lowest BCUT2D eigenvalue weighted by Gasteiger charge is -2.32. The molecule has 1 N–H and O–H groups in total. The molecule has 0 bridgehead atoms. The normalized spacial score (nSPS) is 22.9. The summed E-state index contributed by atoms with van der Waals surface area (Å²) in [4.78, 5) is 28.2. The van der Waals surface area contributed by atoms with E-state index in [1.807, 2.05) is 4.90 Å². The monoisotopic (exact) mass is 262 g/mol. The summed E-state index contributed by atoms with van der Waals surface area (Å²) >= 11 is 0. The van der Waals surface area contributed by atoms with Crippen molar-refractivity contribution < 1.29 is 9.53 Å². The first-order valence-electron chi connectivity index (χ1n) is 6.81. The summed E-state index contributed by atoms with van der Waals surface area (Å²) < 4.78 is 5.38. The Morgan fingerprint density at radius 2 is 2.32 bits per heavy atom. The first-order chi connectivity index (χ1) is 9.24. The van der Waals surface area contributed by atoms with Crippen LogP contribution in [0.2, 0.25) is 0 Å². The molecule has 1 aromatic rings. The number of nitrogens with one attached hydrogen (secondary N) is 1. The zero-order valence-electron chi connectivity index (χ0n) is 10.9. The summed E-state index contributed by atoms with van der Waals surface area (Å²) in [7, 11) is 0. The van der Waals surface area contributed by atoms with E-state index in [2.05, 4.69) is 4.98 Å². The Morgan fingerprint density at radius 1 is 1.42 bits per heavy atom. The molecule has 1 atom stereocenters. The quantitative estimate of drug-likeness (QED) is 0.810. The fourth-order valence-electron chi connectivity index (χ4n) is 2.85. The van der Waals surface area contributed by atoms with Gasteiger partial charge in [0.1, 0.15) is 0 Å². The van der Waals surface area contributed by atoms with Gasteiger partial charge in [0.2, 0.25) is 11.5 Å². The van der Waals surface area contributed by atoms with Crippen molar-refractivity contribution in [2.75, 3.05) is 19.8 Å². The van der Waals surface area contributed by atoms with Crippen LogP contribution in [0.1, 0.15) is 24.0 Å². The maximum Gasteiger partial charge on any atom is 0.248 e. The van der Waals surface area contributed by atoms with Crippen LogP contribution in [0.4, 0.5) is 0 Å². The fourth-order valence-corrected chi connectivity index (χ4v) is 2.85. The van der Waals surface area contributed by atoms with Crippen LogP contribution in [0.3, 0.4) is 0 Å². The standard InChI is InChI=1S/C14H18N2O3/c17-13-6-10-3-4-16(8-12(10)7-15-13)14(18)11-2-1-5-19-9-11/h6-7,11H,1-5,8-9H2,(H,15,17). The van der Waals surface area contributed by atoms with E-state index >= 15 is 0 Å². The van der Waals surface area contributed by atoms with Crippen molar-refractivity contribution in [3.8, 4) is 0 Å². The van der Waals surface area contributed by atoms with Gasteiger partial charge in [-0.3, -0.25) is 9.59 Å². The Morgan fingerprint density at radius 3 is 3.11 bits per heavy atom. The zero-order chi connectivity index (χ0) is 13.2. The van der Waals surface area contributed by atoms with Crippen molar-refractivity contribution in [3.05, 3.63) is 33.7 Å². The Hall–Kier alpha value is -1.62. The molecule has 0 radical (unpaired) electrons. The second-order valence-electron chi connectivity index (χ2n) is 5.27. The van der Waals surface area contributed by atoms with E-state index in [4.69, 9.17) is 4.74 Å². The van der Waals surface area contributed by atoms with E-state index in [9.17, 15) is 9.59 Å². The van der Waals surface area contributed by atoms with Crippen molar-refractivity contribution >= 4 is 5.91 Å². The summed E-state index contributed by atoms with van der Waals surface area (Å²) in [6.07, 6.45) is 4.38. The number of rotatable bonds is 1. The Bertz CT molecular complexity index is 532. The molecule has 2 aliphatic heterocycles. The van der Waals surface area contributed by atoms with Crippen molar-refractivity contribution in [3.63, 3.8) is 0 Å². The van der Waals surface area contributed by atoms with E-state index in [1.54, 1.807) is 12.3 Å². The predicted molar refractivity (Wildman–Crippen MR) is 69.7 cm³/mol. The molecule has 1 unspecified atom stereocenters. The van der Waals surface area contributed by atoms with E-state index in [1.165, 1.54) is 0 Å². The van der Waals surface area contributed by atoms with Gasteiger partial charge in [-0.05, 0) is 30.4 Å². The summed E-state index contributed by atoms with van der Waals surface area (Å²) in [5, 5.41) is 0. The molecule has 0 spiro atoms. The van der Waals surface area contributed by atoms with Crippen molar-refractivity contribution in [1.29, 1.82) is 0 Å². The van der Waals surface area contributed by atoms with Gasteiger partial charge in [-0.2, -0.15) is 0 Å². The minimum absolute atomic E-state index is 0.0121. The first-order valence-corrected chi connectivity index (χ1v) is 6.81. The van der Waals surface area contributed by atoms with Gasteiger partial charge in [0, 0.05) is 32.0 Å². The molecule has 1 fully saturated rings. The zero-order valence-corrected chi connectivity index (χ0v) is 10.9. The SMILES string of the molecule is O=C(C1CCCOC1)N1CCc2cc(=O)[nH]cc2C1. The smallest absolute Gasteiger partial charge is 0.248 e. The third kappa shape index (κ3) is 2.56. The summed E-state index contributed by atoms with van der Waals surface area (Å²) in [5.41, 5.74) is 2.04. The van der Waals surface area contributed by atoms with E-state index < -0.39 is 0 Å². The molecular weight excluding hydrogens is 244 g/mol. The number of hydrogen-bond acceptors (Lipinski definition) is 3. The lowest BCUT2D eigenvalue weighted by Crippen LogP contribution is -2.42. The number of fused-ring (bicyclic) bond motifs is 1. The van der Waals surface area contributed by atoms with Gasteiger partial charge >= 0.3 is 0 Å². The number of nitrogens with zero attached hydrogens (tertiary/aromatic N) is 1. The number of hydrogen-bond donors (Lipinski definition) is 1. The number of amides is 1. The minimum atomic E-state index is -0.0702. The number of carbonyl (C=O) groups is 1. The largest absolute Gasteiger partial charge is 0.381 e. The van der Waals surface area contributed by atoms with Crippen LogP contribution in [0.25, 0.3) is 0 Å². The molecular formula is C14H18N2O3. The maximum atomic E-state index is 12.4. The lowest BCUT2D eigenvalue weighted by atomic mass is 9.97. The van der Waals surface area contributed by atoms with Crippen LogP contribution < -0.4 is 5.56 Å². The number of carbonyl (C=O) groups excluding carboxylic acids is 1. The number of aromatic amines is 1. The topological polar surface area (TPSA) is 62.4 Å². The average Bonchev–Trinajstić information content (AvgIpc) is 2.47. The first kappa shape index (κ1) is 12.4. The van der Waals surface area contributed by atoms with E-state index in [-0.39, 0.29) is 17.4 Å². The molecule has 5 nitrogen and oxygen atoms in total. The Labute approximate surface area is 111 Å². The van der Waals surface area contributed by atoms with E-state index in [0.29, 0.717) is 19.7 Å². The third-order valence-electron chi connectivity index (χ3n) is 3.94. The Kier molecular flexibility index (Phi) is 3.38. The van der Waals surface area contributed by atoms with Crippen LogP contribution >= 0.6 is 0 Å². The van der Waals surface area contributed by atoms with Crippen LogP contribution in [-0.2, 0) is 22.5 Å². The lowest BCUT2D eigenvalue weighted by molar-refractivity contribution is -0.140. The van der Waals surface area contributed by atoms with Gasteiger partial charge < -0.3 is 14.6 Å². The van der Waals surface area contributed by atoms with Crippen LogP contribution in [0, 0.1) is 5.92 Å². The molecule has 2 aliphatic rings. The van der Waals surface area contributed by atoms with Crippen LogP contribution in [0.5, 0.6) is 0 Å². The number of H-pyrrole nitrogens is 1. The van der Waals surface area contributed by atoms with Crippen molar-refractivity contribution in [1.82, 2.24) is 9.88 Å². The molecule has 1 saturated heterocycles.